The monoisotopic (exact) mass is 395 g/mol. The second-order valence-electron chi connectivity index (χ2n) is 7.69. The minimum atomic E-state index is 0.0696. The van der Waals surface area contributed by atoms with Crippen LogP contribution in [0.1, 0.15) is 35.4 Å². The molecule has 2 aliphatic rings. The topological polar surface area (TPSA) is 61.8 Å². The first-order valence-corrected chi connectivity index (χ1v) is 10.4. The third-order valence-electron chi connectivity index (χ3n) is 5.72. The van der Waals surface area contributed by atoms with Crippen molar-refractivity contribution in [1.82, 2.24) is 14.9 Å². The van der Waals surface area contributed by atoms with Gasteiger partial charge in [0, 0.05) is 50.9 Å². The first-order valence-electron chi connectivity index (χ1n) is 10.4. The molecule has 2 fully saturated rings. The molecule has 0 unspecified atom stereocenters. The summed E-state index contributed by atoms with van der Waals surface area (Å²) in [7, 11) is 1.63. The van der Waals surface area contributed by atoms with Crippen LogP contribution in [-0.4, -0.2) is 67.2 Å². The van der Waals surface area contributed by atoms with E-state index in [-0.39, 0.29) is 5.91 Å². The number of aryl methyl sites for hydroxylation is 1. The van der Waals surface area contributed by atoms with Crippen LogP contribution in [0.3, 0.4) is 0 Å². The molecule has 29 heavy (non-hydrogen) atoms. The molecule has 2 aliphatic heterocycles. The van der Waals surface area contributed by atoms with Gasteiger partial charge in [-0.05, 0) is 50.5 Å². The summed E-state index contributed by atoms with van der Waals surface area (Å²) in [5.74, 6) is 3.63. The van der Waals surface area contributed by atoms with Crippen molar-refractivity contribution < 1.29 is 9.53 Å². The van der Waals surface area contributed by atoms with E-state index in [1.807, 2.05) is 36.1 Å². The number of methoxy groups -OCH3 is 1. The zero-order valence-electron chi connectivity index (χ0n) is 17.3. The van der Waals surface area contributed by atoms with E-state index in [9.17, 15) is 4.79 Å². The van der Waals surface area contributed by atoms with Gasteiger partial charge in [-0.25, -0.2) is 9.97 Å². The molecule has 7 heteroatoms. The molecule has 0 saturated carbocycles. The molecule has 1 aromatic heterocycles. The number of hydrogen-bond acceptors (Lipinski definition) is 6. The van der Waals surface area contributed by atoms with E-state index in [4.69, 9.17) is 4.74 Å². The van der Waals surface area contributed by atoms with Crippen LogP contribution in [0.4, 0.5) is 11.6 Å². The zero-order valence-corrected chi connectivity index (χ0v) is 17.3. The molecule has 0 N–H and O–H groups in total. The lowest BCUT2D eigenvalue weighted by molar-refractivity contribution is 0.0746. The number of nitrogens with zero attached hydrogens (tertiary/aromatic N) is 5. The Kier molecular flexibility index (Phi) is 5.83. The third kappa shape index (κ3) is 4.44. The maximum atomic E-state index is 12.8. The summed E-state index contributed by atoms with van der Waals surface area (Å²) in [4.78, 5) is 28.7. The van der Waals surface area contributed by atoms with Gasteiger partial charge < -0.3 is 19.4 Å². The van der Waals surface area contributed by atoms with Gasteiger partial charge in [-0.3, -0.25) is 4.79 Å². The van der Waals surface area contributed by atoms with Gasteiger partial charge >= 0.3 is 0 Å². The standard InChI is InChI=1S/C22H29N5O2/c1-17-23-20(25-10-4-3-5-11-25)16-21(24-17)26-12-14-27(15-13-26)22(28)18-6-8-19(29-2)9-7-18/h6-9,16H,3-5,10-15H2,1-2H3. The molecule has 3 heterocycles. The number of rotatable bonds is 4. The number of amides is 1. The predicted octanol–water partition coefficient (Wildman–Crippen LogP) is 2.75. The molecule has 1 aromatic carbocycles. The highest BCUT2D eigenvalue weighted by Gasteiger charge is 2.24. The molecule has 0 aliphatic carbocycles. The smallest absolute Gasteiger partial charge is 0.253 e. The summed E-state index contributed by atoms with van der Waals surface area (Å²) in [6.45, 7) is 7.02. The molecule has 2 aromatic rings. The summed E-state index contributed by atoms with van der Waals surface area (Å²) >= 11 is 0. The minimum Gasteiger partial charge on any atom is -0.497 e. The number of hydrogen-bond donors (Lipinski definition) is 0. The van der Waals surface area contributed by atoms with Crippen molar-refractivity contribution in [1.29, 1.82) is 0 Å². The summed E-state index contributed by atoms with van der Waals surface area (Å²) in [5.41, 5.74) is 0.699. The minimum absolute atomic E-state index is 0.0696. The van der Waals surface area contributed by atoms with Crippen molar-refractivity contribution in [2.24, 2.45) is 0 Å². The Bertz CT molecular complexity index is 841. The van der Waals surface area contributed by atoms with Crippen molar-refractivity contribution in [3.63, 3.8) is 0 Å². The molecule has 154 valence electrons. The lowest BCUT2D eigenvalue weighted by atomic mass is 10.1. The lowest BCUT2D eigenvalue weighted by Gasteiger charge is -2.36. The average Bonchev–Trinajstić information content (AvgIpc) is 2.79. The molecule has 4 rings (SSSR count). The molecule has 0 atom stereocenters. The van der Waals surface area contributed by atoms with Crippen molar-refractivity contribution in [3.05, 3.63) is 41.7 Å². The fourth-order valence-corrected chi connectivity index (χ4v) is 4.04. The van der Waals surface area contributed by atoms with Crippen LogP contribution in [0.15, 0.2) is 30.3 Å². The van der Waals surface area contributed by atoms with Crippen LogP contribution in [0, 0.1) is 6.92 Å². The van der Waals surface area contributed by atoms with Gasteiger partial charge in [-0.2, -0.15) is 0 Å². The summed E-state index contributed by atoms with van der Waals surface area (Å²) in [6, 6.07) is 9.42. The highest BCUT2D eigenvalue weighted by Crippen LogP contribution is 2.23. The number of benzene rings is 1. The SMILES string of the molecule is COc1ccc(C(=O)N2CCN(c3cc(N4CCCCC4)nc(C)n3)CC2)cc1. The number of anilines is 2. The molecule has 0 spiro atoms. The maximum absolute atomic E-state index is 12.8. The number of ether oxygens (including phenoxy) is 1. The number of carbonyl (C=O) groups excluding carboxylic acids is 1. The van der Waals surface area contributed by atoms with E-state index in [2.05, 4.69) is 25.8 Å². The first-order chi connectivity index (χ1) is 14.1. The van der Waals surface area contributed by atoms with Gasteiger partial charge in [0.05, 0.1) is 7.11 Å². The van der Waals surface area contributed by atoms with E-state index < -0.39 is 0 Å². The van der Waals surface area contributed by atoms with Gasteiger partial charge in [0.15, 0.2) is 0 Å². The Morgan fingerprint density at radius 2 is 1.45 bits per heavy atom. The Labute approximate surface area is 172 Å². The van der Waals surface area contributed by atoms with Crippen LogP contribution in [0.25, 0.3) is 0 Å². The third-order valence-corrected chi connectivity index (χ3v) is 5.72. The Morgan fingerprint density at radius 1 is 0.862 bits per heavy atom. The normalized spacial score (nSPS) is 17.4. The summed E-state index contributed by atoms with van der Waals surface area (Å²) < 4.78 is 5.17. The summed E-state index contributed by atoms with van der Waals surface area (Å²) in [5, 5.41) is 0. The van der Waals surface area contributed by atoms with Gasteiger partial charge in [0.25, 0.3) is 5.91 Å². The highest BCUT2D eigenvalue weighted by molar-refractivity contribution is 5.94. The molecular weight excluding hydrogens is 366 g/mol. The predicted molar refractivity (Wildman–Crippen MR) is 114 cm³/mol. The van der Waals surface area contributed by atoms with Gasteiger partial charge in [0.2, 0.25) is 0 Å². The molecule has 0 radical (unpaired) electrons. The number of carbonyl (C=O) groups is 1. The van der Waals surface area contributed by atoms with Crippen LogP contribution in [-0.2, 0) is 0 Å². The Morgan fingerprint density at radius 3 is 2.03 bits per heavy atom. The van der Waals surface area contributed by atoms with Crippen LogP contribution in [0.2, 0.25) is 0 Å². The van der Waals surface area contributed by atoms with Crippen molar-refractivity contribution >= 4 is 17.5 Å². The fraction of sp³-hybridized carbons (Fsp3) is 0.500. The van der Waals surface area contributed by atoms with E-state index in [1.54, 1.807) is 7.11 Å². The first kappa shape index (κ1) is 19.5. The van der Waals surface area contributed by atoms with Crippen LogP contribution < -0.4 is 14.5 Å². The second kappa shape index (κ2) is 8.68. The zero-order chi connectivity index (χ0) is 20.2. The Balaban J connectivity index is 1.41. The molecule has 2 saturated heterocycles. The number of aromatic nitrogens is 2. The van der Waals surface area contributed by atoms with Crippen LogP contribution >= 0.6 is 0 Å². The largest absolute Gasteiger partial charge is 0.497 e. The second-order valence-corrected chi connectivity index (χ2v) is 7.69. The van der Waals surface area contributed by atoms with E-state index >= 15 is 0 Å². The van der Waals surface area contributed by atoms with Crippen molar-refractivity contribution in [2.75, 3.05) is 56.2 Å². The number of piperidine rings is 1. The lowest BCUT2D eigenvalue weighted by Crippen LogP contribution is -2.49. The van der Waals surface area contributed by atoms with E-state index in [1.165, 1.54) is 19.3 Å². The average molecular weight is 396 g/mol. The maximum Gasteiger partial charge on any atom is 0.253 e. The quantitative estimate of drug-likeness (QED) is 0.793. The molecule has 7 nitrogen and oxygen atoms in total. The highest BCUT2D eigenvalue weighted by atomic mass is 16.5. The molecule has 1 amide bonds. The Hall–Kier alpha value is -2.83. The molecular formula is C22H29N5O2. The summed E-state index contributed by atoms with van der Waals surface area (Å²) in [6.07, 6.45) is 3.76. The van der Waals surface area contributed by atoms with Gasteiger partial charge in [-0.1, -0.05) is 0 Å². The van der Waals surface area contributed by atoms with E-state index in [0.717, 1.165) is 49.4 Å². The van der Waals surface area contributed by atoms with Gasteiger partial charge in [-0.15, -0.1) is 0 Å². The van der Waals surface area contributed by atoms with E-state index in [0.29, 0.717) is 18.7 Å². The van der Waals surface area contributed by atoms with Crippen molar-refractivity contribution in [2.45, 2.75) is 26.2 Å². The fourth-order valence-electron chi connectivity index (χ4n) is 4.04. The van der Waals surface area contributed by atoms with Gasteiger partial charge in [0.1, 0.15) is 23.2 Å². The van der Waals surface area contributed by atoms with Crippen LogP contribution in [0.5, 0.6) is 5.75 Å². The molecule has 0 bridgehead atoms. The van der Waals surface area contributed by atoms with Crippen molar-refractivity contribution in [3.8, 4) is 5.75 Å². The number of piperazine rings is 1.